The Hall–Kier alpha value is -5.27. The van der Waals surface area contributed by atoms with Crippen LogP contribution in [0.25, 0.3) is 0 Å². The zero-order chi connectivity index (χ0) is 31.4. The smallest absolute Gasteiger partial charge is 0.326 e. The highest BCUT2D eigenvalue weighted by Crippen LogP contribution is 2.33. The molecule has 0 aromatic heterocycles. The molecule has 1 unspecified atom stereocenters. The number of carbonyl (C=O) groups is 7. The number of ether oxygens (including phenoxy) is 4. The van der Waals surface area contributed by atoms with Crippen LogP contribution in [0.2, 0.25) is 0 Å². The van der Waals surface area contributed by atoms with Crippen LogP contribution in [-0.2, 0) is 24.0 Å². The van der Waals surface area contributed by atoms with Gasteiger partial charge in [-0.05, 0) is 43.5 Å². The van der Waals surface area contributed by atoms with Gasteiger partial charge >= 0.3 is 29.8 Å². The van der Waals surface area contributed by atoms with E-state index in [9.17, 15) is 38.7 Å². The van der Waals surface area contributed by atoms with Crippen molar-refractivity contribution >= 4 is 41.7 Å². The van der Waals surface area contributed by atoms with Crippen LogP contribution in [0.1, 0.15) is 67.7 Å². The van der Waals surface area contributed by atoms with Gasteiger partial charge in [-0.3, -0.25) is 28.8 Å². The van der Waals surface area contributed by atoms with Crippen molar-refractivity contribution < 1.29 is 57.6 Å². The van der Waals surface area contributed by atoms with Crippen molar-refractivity contribution in [1.29, 1.82) is 0 Å². The van der Waals surface area contributed by atoms with Crippen LogP contribution in [0.15, 0.2) is 36.4 Å². The van der Waals surface area contributed by atoms with Crippen LogP contribution in [-0.4, -0.2) is 59.4 Å². The van der Waals surface area contributed by atoms with E-state index in [4.69, 9.17) is 18.9 Å². The normalized spacial score (nSPS) is 11.0. The van der Waals surface area contributed by atoms with Crippen molar-refractivity contribution in [3.05, 3.63) is 47.5 Å². The molecule has 0 saturated heterocycles. The third-order valence-electron chi connectivity index (χ3n) is 5.25. The lowest BCUT2D eigenvalue weighted by Gasteiger charge is -2.17. The fourth-order valence-corrected chi connectivity index (χ4v) is 3.62. The fraction of sp³-hybridized carbons (Fsp3) is 0.321. The monoisotopic (exact) mass is 586 g/mol. The van der Waals surface area contributed by atoms with E-state index >= 15 is 0 Å². The van der Waals surface area contributed by atoms with Gasteiger partial charge in [0.05, 0.1) is 11.1 Å². The number of benzene rings is 2. The molecule has 2 aromatic carbocycles. The molecule has 42 heavy (non-hydrogen) atoms. The Morgan fingerprint density at radius 1 is 0.667 bits per heavy atom. The number of carbonyl (C=O) groups excluding carboxylic acids is 6. The van der Waals surface area contributed by atoms with Crippen molar-refractivity contribution in [2.45, 2.75) is 53.0 Å². The molecule has 3 N–H and O–H groups in total. The fourth-order valence-electron chi connectivity index (χ4n) is 3.62. The average molecular weight is 587 g/mol. The number of carboxylic acid groups (broad SMARTS) is 1. The topological polar surface area (TPSA) is 201 Å². The van der Waals surface area contributed by atoms with E-state index in [1.807, 2.05) is 0 Å². The van der Waals surface area contributed by atoms with Gasteiger partial charge in [-0.15, -0.1) is 0 Å². The second-order valence-electron chi connectivity index (χ2n) is 8.76. The number of unbranched alkanes of at least 4 members (excludes halogenated alkanes) is 1. The molecule has 0 radical (unpaired) electrons. The van der Waals surface area contributed by atoms with Crippen LogP contribution >= 0.6 is 0 Å². The number of hydrogen-bond donors (Lipinski definition) is 3. The number of nitrogens with one attached hydrogen (secondary N) is 2. The summed E-state index contributed by atoms with van der Waals surface area (Å²) in [6.45, 7) is 4.57. The molecule has 0 fully saturated rings. The summed E-state index contributed by atoms with van der Waals surface area (Å²) < 4.78 is 20.1. The Bertz CT molecular complexity index is 1380. The first kappa shape index (κ1) is 32.9. The van der Waals surface area contributed by atoms with Crippen molar-refractivity contribution in [3.8, 4) is 23.0 Å². The molecule has 0 spiro atoms. The van der Waals surface area contributed by atoms with E-state index in [1.54, 1.807) is 0 Å². The first-order valence-corrected chi connectivity index (χ1v) is 12.6. The number of rotatable bonds is 13. The summed E-state index contributed by atoms with van der Waals surface area (Å²) in [5.74, 6) is -6.64. The summed E-state index contributed by atoms with van der Waals surface area (Å²) in [6, 6.07) is 6.78. The van der Waals surface area contributed by atoms with Crippen LogP contribution in [0.5, 0.6) is 23.0 Å². The highest BCUT2D eigenvalue weighted by atomic mass is 16.6. The molecule has 224 valence electrons. The minimum Gasteiger partial charge on any atom is -0.480 e. The Labute approximate surface area is 240 Å². The third-order valence-corrected chi connectivity index (χ3v) is 5.25. The van der Waals surface area contributed by atoms with Gasteiger partial charge in [0.25, 0.3) is 11.8 Å². The number of carboxylic acids is 1. The van der Waals surface area contributed by atoms with Crippen molar-refractivity contribution in [3.63, 3.8) is 0 Å². The summed E-state index contributed by atoms with van der Waals surface area (Å²) in [5.41, 5.74) is -0.277. The molecule has 0 aliphatic carbocycles. The lowest BCUT2D eigenvalue weighted by atomic mass is 10.1. The third kappa shape index (κ3) is 10.0. The summed E-state index contributed by atoms with van der Waals surface area (Å²) in [5, 5.41) is 14.6. The summed E-state index contributed by atoms with van der Waals surface area (Å²) >= 11 is 0. The number of aliphatic carboxylic acids is 1. The van der Waals surface area contributed by atoms with E-state index in [1.165, 1.54) is 36.4 Å². The second-order valence-corrected chi connectivity index (χ2v) is 8.76. The van der Waals surface area contributed by atoms with E-state index in [-0.39, 0.29) is 53.5 Å². The van der Waals surface area contributed by atoms with Gasteiger partial charge in [-0.2, -0.15) is 0 Å². The summed E-state index contributed by atoms with van der Waals surface area (Å²) in [7, 11) is 0. The lowest BCUT2D eigenvalue weighted by Crippen LogP contribution is -2.41. The largest absolute Gasteiger partial charge is 0.480 e. The Morgan fingerprint density at radius 2 is 1.12 bits per heavy atom. The van der Waals surface area contributed by atoms with Gasteiger partial charge in [-0.1, -0.05) is 12.1 Å². The SMILES string of the molecule is CC(=O)Oc1cccc(C(=O)NCCCCC(NC(=O)c2cccc(OC(C)=O)c2OC(C)=O)C(=O)O)c1OC(C)=O. The lowest BCUT2D eigenvalue weighted by molar-refractivity contribution is -0.139. The Balaban J connectivity index is 2.04. The molecule has 0 saturated carbocycles. The highest BCUT2D eigenvalue weighted by Gasteiger charge is 2.25. The van der Waals surface area contributed by atoms with E-state index in [0.29, 0.717) is 6.42 Å². The van der Waals surface area contributed by atoms with Gasteiger partial charge in [0, 0.05) is 34.2 Å². The molecule has 14 heteroatoms. The maximum atomic E-state index is 12.9. The van der Waals surface area contributed by atoms with Gasteiger partial charge in [0.15, 0.2) is 23.0 Å². The first-order valence-electron chi connectivity index (χ1n) is 12.6. The van der Waals surface area contributed by atoms with Gasteiger partial charge in [-0.25, -0.2) is 4.79 Å². The standard InChI is InChI=1S/C28H30N2O12/c1-15(31)39-22-12-7-9-19(24(22)41-17(3)33)26(35)29-14-6-5-11-21(28(37)38)30-27(36)20-10-8-13-23(40-16(2)32)25(20)42-18(4)34/h7-10,12-13,21H,5-6,11,14H2,1-4H3,(H,29,35)(H,30,36)(H,37,38). The maximum absolute atomic E-state index is 12.9. The average Bonchev–Trinajstić information content (AvgIpc) is 2.88. The molecular formula is C28H30N2O12. The maximum Gasteiger partial charge on any atom is 0.326 e. The molecule has 2 amide bonds. The van der Waals surface area contributed by atoms with Gasteiger partial charge in [0.1, 0.15) is 6.04 Å². The molecule has 14 nitrogen and oxygen atoms in total. The molecule has 2 aromatic rings. The van der Waals surface area contributed by atoms with Crippen LogP contribution in [0.3, 0.4) is 0 Å². The minimum absolute atomic E-state index is 0.0237. The number of esters is 4. The summed E-state index contributed by atoms with van der Waals surface area (Å²) in [4.78, 5) is 83.3. The van der Waals surface area contributed by atoms with Crippen molar-refractivity contribution in [1.82, 2.24) is 10.6 Å². The minimum atomic E-state index is -1.34. The summed E-state index contributed by atoms with van der Waals surface area (Å²) in [6.07, 6.45) is 0.536. The van der Waals surface area contributed by atoms with E-state index in [0.717, 1.165) is 27.7 Å². The number of para-hydroxylation sites is 2. The van der Waals surface area contributed by atoms with Crippen LogP contribution < -0.4 is 29.6 Å². The van der Waals surface area contributed by atoms with Gasteiger partial charge < -0.3 is 34.7 Å². The number of amides is 2. The molecule has 0 bridgehead atoms. The van der Waals surface area contributed by atoms with E-state index < -0.39 is 47.7 Å². The quantitative estimate of drug-likeness (QED) is 0.176. The van der Waals surface area contributed by atoms with Crippen LogP contribution in [0, 0.1) is 0 Å². The Morgan fingerprint density at radius 3 is 1.55 bits per heavy atom. The zero-order valence-electron chi connectivity index (χ0n) is 23.3. The molecule has 2 rings (SSSR count). The second kappa shape index (κ2) is 15.5. The van der Waals surface area contributed by atoms with Gasteiger partial charge in [0.2, 0.25) is 0 Å². The molecular weight excluding hydrogens is 556 g/mol. The van der Waals surface area contributed by atoms with Crippen molar-refractivity contribution in [2.75, 3.05) is 6.54 Å². The van der Waals surface area contributed by atoms with E-state index in [2.05, 4.69) is 10.6 Å². The first-order chi connectivity index (χ1) is 19.8. The predicted octanol–water partition coefficient (Wildman–Crippen LogP) is 2.17. The number of hydrogen-bond acceptors (Lipinski definition) is 11. The Kier molecular flexibility index (Phi) is 12.2. The highest BCUT2D eigenvalue weighted by molar-refractivity contribution is 6.01. The predicted molar refractivity (Wildman–Crippen MR) is 143 cm³/mol. The molecule has 0 heterocycles. The zero-order valence-corrected chi connectivity index (χ0v) is 23.3. The van der Waals surface area contributed by atoms with Crippen molar-refractivity contribution in [2.24, 2.45) is 0 Å². The molecule has 1 atom stereocenters. The molecule has 0 aliphatic heterocycles. The molecule has 0 aliphatic rings. The van der Waals surface area contributed by atoms with Crippen LogP contribution in [0.4, 0.5) is 0 Å².